The molecule has 0 saturated heterocycles. The lowest BCUT2D eigenvalue weighted by molar-refractivity contribution is 0.103. The number of hydrogen-bond donors (Lipinski definition) is 1. The van der Waals surface area contributed by atoms with E-state index in [4.69, 9.17) is 4.74 Å². The molecule has 1 aliphatic carbocycles. The van der Waals surface area contributed by atoms with Crippen LogP contribution in [0.4, 0.5) is 0 Å². The molecule has 0 heterocycles. The zero-order chi connectivity index (χ0) is 14.3. The van der Waals surface area contributed by atoms with Crippen LogP contribution in [-0.2, 0) is 4.74 Å². The SMILES string of the molecule is CCNC1C(CN(CC)CCOCC)CCC1(C)C. The molecule has 0 aromatic carbocycles. The molecular formula is C16H34N2O. The van der Waals surface area contributed by atoms with E-state index in [1.165, 1.54) is 19.4 Å². The molecule has 0 amide bonds. The van der Waals surface area contributed by atoms with Crippen molar-refractivity contribution in [2.24, 2.45) is 11.3 Å². The maximum atomic E-state index is 5.49. The first-order valence-electron chi connectivity index (χ1n) is 8.08. The third-order valence-electron chi connectivity index (χ3n) is 4.59. The molecule has 0 aromatic heterocycles. The number of nitrogens with zero attached hydrogens (tertiary/aromatic N) is 1. The Morgan fingerprint density at radius 2 is 2.00 bits per heavy atom. The van der Waals surface area contributed by atoms with Crippen molar-refractivity contribution in [2.75, 3.05) is 39.4 Å². The van der Waals surface area contributed by atoms with Gasteiger partial charge in [0.1, 0.15) is 0 Å². The van der Waals surface area contributed by atoms with Gasteiger partial charge in [0.05, 0.1) is 6.61 Å². The average Bonchev–Trinajstić information content (AvgIpc) is 2.65. The molecule has 1 N–H and O–H groups in total. The number of nitrogens with one attached hydrogen (secondary N) is 1. The first-order valence-corrected chi connectivity index (χ1v) is 8.08. The quantitative estimate of drug-likeness (QED) is 0.652. The van der Waals surface area contributed by atoms with Gasteiger partial charge in [0.2, 0.25) is 0 Å². The van der Waals surface area contributed by atoms with E-state index in [-0.39, 0.29) is 0 Å². The molecule has 19 heavy (non-hydrogen) atoms. The van der Waals surface area contributed by atoms with Crippen LogP contribution in [0, 0.1) is 11.3 Å². The van der Waals surface area contributed by atoms with Gasteiger partial charge in [0.25, 0.3) is 0 Å². The fraction of sp³-hybridized carbons (Fsp3) is 1.00. The Morgan fingerprint density at radius 3 is 2.58 bits per heavy atom. The smallest absolute Gasteiger partial charge is 0.0593 e. The van der Waals surface area contributed by atoms with Gasteiger partial charge in [0.15, 0.2) is 0 Å². The summed E-state index contributed by atoms with van der Waals surface area (Å²) >= 11 is 0. The normalized spacial score (nSPS) is 26.2. The van der Waals surface area contributed by atoms with Crippen LogP contribution in [0.5, 0.6) is 0 Å². The highest BCUT2D eigenvalue weighted by molar-refractivity contribution is 4.96. The molecule has 0 radical (unpaired) electrons. The van der Waals surface area contributed by atoms with Crippen LogP contribution in [0.2, 0.25) is 0 Å². The summed E-state index contributed by atoms with van der Waals surface area (Å²) in [5.74, 6) is 0.788. The molecular weight excluding hydrogens is 236 g/mol. The Labute approximate surface area is 120 Å². The predicted octanol–water partition coefficient (Wildman–Crippen LogP) is 2.76. The molecule has 2 atom stereocenters. The number of hydrogen-bond acceptors (Lipinski definition) is 3. The molecule has 1 fully saturated rings. The van der Waals surface area contributed by atoms with Gasteiger partial charge >= 0.3 is 0 Å². The fourth-order valence-electron chi connectivity index (χ4n) is 3.43. The summed E-state index contributed by atoms with van der Waals surface area (Å²) in [6.07, 6.45) is 2.70. The van der Waals surface area contributed by atoms with Gasteiger partial charge in [-0.05, 0) is 44.2 Å². The summed E-state index contributed by atoms with van der Waals surface area (Å²) in [6.45, 7) is 17.6. The third-order valence-corrected chi connectivity index (χ3v) is 4.59. The molecule has 1 aliphatic rings. The number of rotatable bonds is 9. The average molecular weight is 270 g/mol. The zero-order valence-corrected chi connectivity index (χ0v) is 13.7. The second kappa shape index (κ2) is 8.23. The van der Waals surface area contributed by atoms with E-state index in [1.807, 2.05) is 0 Å². The van der Waals surface area contributed by atoms with E-state index in [2.05, 4.69) is 44.8 Å². The van der Waals surface area contributed by atoms with Gasteiger partial charge in [-0.3, -0.25) is 0 Å². The van der Waals surface area contributed by atoms with Gasteiger partial charge < -0.3 is 15.0 Å². The third kappa shape index (κ3) is 5.05. The second-order valence-corrected chi connectivity index (χ2v) is 6.41. The summed E-state index contributed by atoms with van der Waals surface area (Å²) in [5, 5.41) is 3.72. The Balaban J connectivity index is 2.48. The number of ether oxygens (including phenoxy) is 1. The van der Waals surface area contributed by atoms with Crippen molar-refractivity contribution in [3.63, 3.8) is 0 Å². The Bertz CT molecular complexity index is 243. The lowest BCUT2D eigenvalue weighted by atomic mass is 9.84. The molecule has 3 nitrogen and oxygen atoms in total. The first-order chi connectivity index (χ1) is 9.05. The molecule has 1 rings (SSSR count). The van der Waals surface area contributed by atoms with E-state index in [9.17, 15) is 0 Å². The monoisotopic (exact) mass is 270 g/mol. The minimum atomic E-state index is 0.444. The fourth-order valence-corrected chi connectivity index (χ4v) is 3.43. The van der Waals surface area contributed by atoms with E-state index in [0.717, 1.165) is 38.8 Å². The van der Waals surface area contributed by atoms with Crippen molar-refractivity contribution >= 4 is 0 Å². The van der Waals surface area contributed by atoms with Gasteiger partial charge in [-0.15, -0.1) is 0 Å². The van der Waals surface area contributed by atoms with Crippen molar-refractivity contribution in [1.82, 2.24) is 10.2 Å². The summed E-state index contributed by atoms with van der Waals surface area (Å²) in [6, 6.07) is 0.665. The van der Waals surface area contributed by atoms with Crippen molar-refractivity contribution < 1.29 is 4.74 Å². The molecule has 114 valence electrons. The lowest BCUT2D eigenvalue weighted by Gasteiger charge is -2.34. The highest BCUT2D eigenvalue weighted by atomic mass is 16.5. The molecule has 0 aliphatic heterocycles. The Morgan fingerprint density at radius 1 is 1.26 bits per heavy atom. The van der Waals surface area contributed by atoms with Crippen LogP contribution >= 0.6 is 0 Å². The zero-order valence-electron chi connectivity index (χ0n) is 13.7. The van der Waals surface area contributed by atoms with Crippen molar-refractivity contribution in [1.29, 1.82) is 0 Å². The molecule has 0 aromatic rings. The minimum Gasteiger partial charge on any atom is -0.380 e. The highest BCUT2D eigenvalue weighted by Crippen LogP contribution is 2.41. The van der Waals surface area contributed by atoms with Crippen molar-refractivity contribution in [3.8, 4) is 0 Å². The second-order valence-electron chi connectivity index (χ2n) is 6.41. The van der Waals surface area contributed by atoms with E-state index in [0.29, 0.717) is 11.5 Å². The molecule has 0 spiro atoms. The van der Waals surface area contributed by atoms with Crippen LogP contribution in [-0.4, -0.2) is 50.3 Å². The van der Waals surface area contributed by atoms with Crippen LogP contribution in [0.25, 0.3) is 0 Å². The maximum Gasteiger partial charge on any atom is 0.0593 e. The summed E-state index contributed by atoms with van der Waals surface area (Å²) in [4.78, 5) is 2.55. The van der Waals surface area contributed by atoms with Gasteiger partial charge in [-0.2, -0.15) is 0 Å². The van der Waals surface area contributed by atoms with Gasteiger partial charge in [-0.25, -0.2) is 0 Å². The topological polar surface area (TPSA) is 24.5 Å². The molecule has 3 heteroatoms. The van der Waals surface area contributed by atoms with Gasteiger partial charge in [-0.1, -0.05) is 27.7 Å². The summed E-state index contributed by atoms with van der Waals surface area (Å²) in [5.41, 5.74) is 0.444. The van der Waals surface area contributed by atoms with Crippen LogP contribution in [0.15, 0.2) is 0 Å². The maximum absolute atomic E-state index is 5.49. The molecule has 2 unspecified atom stereocenters. The van der Waals surface area contributed by atoms with Crippen molar-refractivity contribution in [2.45, 2.75) is 53.5 Å². The van der Waals surface area contributed by atoms with Crippen LogP contribution < -0.4 is 5.32 Å². The van der Waals surface area contributed by atoms with E-state index < -0.39 is 0 Å². The minimum absolute atomic E-state index is 0.444. The van der Waals surface area contributed by atoms with E-state index in [1.54, 1.807) is 0 Å². The Kier molecular flexibility index (Phi) is 7.33. The summed E-state index contributed by atoms with van der Waals surface area (Å²) in [7, 11) is 0. The summed E-state index contributed by atoms with van der Waals surface area (Å²) < 4.78 is 5.49. The largest absolute Gasteiger partial charge is 0.380 e. The van der Waals surface area contributed by atoms with Crippen molar-refractivity contribution in [3.05, 3.63) is 0 Å². The van der Waals surface area contributed by atoms with Crippen LogP contribution in [0.1, 0.15) is 47.5 Å². The molecule has 0 bridgehead atoms. The standard InChI is InChI=1S/C16H34N2O/c1-6-17-15-14(9-10-16(15,4)5)13-18(7-2)11-12-19-8-3/h14-15,17H,6-13H2,1-5H3. The number of likely N-dealkylation sites (N-methyl/N-ethyl adjacent to an activating group) is 1. The highest BCUT2D eigenvalue weighted by Gasteiger charge is 2.41. The molecule has 1 saturated carbocycles. The predicted molar refractivity (Wildman–Crippen MR) is 82.6 cm³/mol. The van der Waals surface area contributed by atoms with Crippen LogP contribution in [0.3, 0.4) is 0 Å². The Hall–Kier alpha value is -0.120. The van der Waals surface area contributed by atoms with E-state index >= 15 is 0 Å². The van der Waals surface area contributed by atoms with Gasteiger partial charge in [0, 0.05) is 25.7 Å². The first kappa shape index (κ1) is 16.9. The lowest BCUT2D eigenvalue weighted by Crippen LogP contribution is -2.46.